The zero-order valence-electron chi connectivity index (χ0n) is 21.9. The molecular formula is C31H32N2O4. The van der Waals surface area contributed by atoms with E-state index in [0.29, 0.717) is 28.7 Å². The highest BCUT2D eigenvalue weighted by Gasteiger charge is 2.31. The number of fused-ring (bicyclic) bond motifs is 1. The van der Waals surface area contributed by atoms with Crippen molar-refractivity contribution in [2.75, 3.05) is 6.61 Å². The van der Waals surface area contributed by atoms with Crippen LogP contribution in [0.2, 0.25) is 0 Å². The lowest BCUT2D eigenvalue weighted by Crippen LogP contribution is -2.21. The molecule has 3 aromatic carbocycles. The van der Waals surface area contributed by atoms with Crippen LogP contribution >= 0.6 is 0 Å². The summed E-state index contributed by atoms with van der Waals surface area (Å²) in [5, 5.41) is 9.79. The zero-order chi connectivity index (χ0) is 26.7. The molecule has 1 aliphatic rings. The normalized spacial score (nSPS) is 15.0. The SMILES string of the molecule is CC(C)c1ccc(C2C(C#N)=C(N)Oc3cc(OC(=O)COc4ccc(C(C)(C)C)cc4)ccc32)cc1. The van der Waals surface area contributed by atoms with E-state index in [0.717, 1.165) is 11.1 Å². The smallest absolute Gasteiger partial charge is 0.349 e. The second kappa shape index (κ2) is 10.4. The molecule has 190 valence electrons. The van der Waals surface area contributed by atoms with Gasteiger partial charge in [-0.25, -0.2) is 4.79 Å². The van der Waals surface area contributed by atoms with E-state index in [1.54, 1.807) is 18.2 Å². The summed E-state index contributed by atoms with van der Waals surface area (Å²) in [7, 11) is 0. The van der Waals surface area contributed by atoms with Crippen molar-refractivity contribution in [2.24, 2.45) is 5.73 Å². The predicted octanol–water partition coefficient (Wildman–Crippen LogP) is 6.31. The number of nitrogens with two attached hydrogens (primary N) is 1. The molecule has 6 heteroatoms. The molecule has 0 saturated heterocycles. The van der Waals surface area contributed by atoms with Crippen molar-refractivity contribution in [1.29, 1.82) is 5.26 Å². The number of ether oxygens (including phenoxy) is 3. The molecule has 0 spiro atoms. The minimum Gasteiger partial charge on any atom is -0.482 e. The lowest BCUT2D eigenvalue weighted by Gasteiger charge is -2.27. The van der Waals surface area contributed by atoms with E-state index in [1.807, 2.05) is 36.4 Å². The Bertz CT molecular complexity index is 1360. The Morgan fingerprint density at radius 2 is 1.68 bits per heavy atom. The number of nitriles is 1. The van der Waals surface area contributed by atoms with Gasteiger partial charge in [-0.15, -0.1) is 0 Å². The van der Waals surface area contributed by atoms with Crippen LogP contribution in [0.15, 0.2) is 78.2 Å². The number of hydrogen-bond acceptors (Lipinski definition) is 6. The Morgan fingerprint density at radius 3 is 2.27 bits per heavy atom. The van der Waals surface area contributed by atoms with Gasteiger partial charge in [-0.05, 0) is 46.2 Å². The molecule has 1 unspecified atom stereocenters. The van der Waals surface area contributed by atoms with Crippen molar-refractivity contribution < 1.29 is 19.0 Å². The summed E-state index contributed by atoms with van der Waals surface area (Å²) in [5.74, 6) is 0.856. The van der Waals surface area contributed by atoms with E-state index < -0.39 is 5.97 Å². The molecule has 0 amide bonds. The minimum absolute atomic E-state index is 0.0368. The van der Waals surface area contributed by atoms with Crippen LogP contribution in [-0.2, 0) is 10.2 Å². The van der Waals surface area contributed by atoms with Crippen LogP contribution in [0.5, 0.6) is 17.2 Å². The van der Waals surface area contributed by atoms with Crippen LogP contribution in [0.3, 0.4) is 0 Å². The Hall–Kier alpha value is -4.24. The Morgan fingerprint density at radius 1 is 1.03 bits per heavy atom. The summed E-state index contributed by atoms with van der Waals surface area (Å²) in [6, 6.07) is 23.1. The van der Waals surface area contributed by atoms with Crippen LogP contribution < -0.4 is 19.9 Å². The van der Waals surface area contributed by atoms with Gasteiger partial charge in [0.15, 0.2) is 6.61 Å². The summed E-state index contributed by atoms with van der Waals surface area (Å²) in [5.41, 5.74) is 10.6. The van der Waals surface area contributed by atoms with Crippen molar-refractivity contribution in [3.8, 4) is 23.3 Å². The molecule has 37 heavy (non-hydrogen) atoms. The van der Waals surface area contributed by atoms with Gasteiger partial charge in [0.1, 0.15) is 28.9 Å². The van der Waals surface area contributed by atoms with E-state index in [2.05, 4.69) is 52.8 Å². The van der Waals surface area contributed by atoms with Gasteiger partial charge in [0, 0.05) is 11.6 Å². The number of nitrogens with zero attached hydrogens (tertiary/aromatic N) is 1. The third-order valence-electron chi connectivity index (χ3n) is 6.44. The van der Waals surface area contributed by atoms with Gasteiger partial charge in [0.2, 0.25) is 5.88 Å². The lowest BCUT2D eigenvalue weighted by molar-refractivity contribution is -0.136. The van der Waals surface area contributed by atoms with Crippen molar-refractivity contribution in [3.05, 3.63) is 100 Å². The molecular weight excluding hydrogens is 464 g/mol. The van der Waals surface area contributed by atoms with E-state index >= 15 is 0 Å². The molecule has 0 fully saturated rings. The van der Waals surface area contributed by atoms with Crippen LogP contribution in [-0.4, -0.2) is 12.6 Å². The average molecular weight is 497 g/mol. The first-order valence-corrected chi connectivity index (χ1v) is 12.3. The number of carbonyl (C=O) groups is 1. The summed E-state index contributed by atoms with van der Waals surface area (Å²) >= 11 is 0. The van der Waals surface area contributed by atoms with Gasteiger partial charge in [-0.2, -0.15) is 5.26 Å². The average Bonchev–Trinajstić information content (AvgIpc) is 2.86. The van der Waals surface area contributed by atoms with E-state index in [1.165, 1.54) is 11.1 Å². The number of allylic oxidation sites excluding steroid dienone is 1. The molecule has 6 nitrogen and oxygen atoms in total. The number of benzene rings is 3. The van der Waals surface area contributed by atoms with Crippen molar-refractivity contribution in [2.45, 2.75) is 51.9 Å². The first kappa shape index (κ1) is 25.8. The maximum absolute atomic E-state index is 12.5. The number of rotatable bonds is 6. The molecule has 0 aromatic heterocycles. The molecule has 1 atom stereocenters. The van der Waals surface area contributed by atoms with E-state index in [4.69, 9.17) is 19.9 Å². The Kier molecular flexibility index (Phi) is 7.26. The number of esters is 1. The standard InChI is InChI=1S/C31H32N2O4/c1-19(2)20-6-8-21(9-7-20)29-25-15-14-24(16-27(25)37-30(33)26(29)17-32)36-28(34)18-35-23-12-10-22(11-13-23)31(3,4)5/h6-16,19,29H,18,33H2,1-5H3. The van der Waals surface area contributed by atoms with E-state index in [-0.39, 0.29) is 23.8 Å². The molecule has 1 heterocycles. The van der Waals surface area contributed by atoms with Crippen LogP contribution in [0.1, 0.15) is 68.7 Å². The van der Waals surface area contributed by atoms with E-state index in [9.17, 15) is 10.1 Å². The first-order valence-electron chi connectivity index (χ1n) is 12.3. The summed E-state index contributed by atoms with van der Waals surface area (Å²) in [6.07, 6.45) is 0. The Labute approximate surface area is 218 Å². The highest BCUT2D eigenvalue weighted by molar-refractivity contribution is 5.74. The van der Waals surface area contributed by atoms with Crippen LogP contribution in [0, 0.1) is 11.3 Å². The maximum Gasteiger partial charge on any atom is 0.349 e. The molecule has 0 bridgehead atoms. The predicted molar refractivity (Wildman–Crippen MR) is 143 cm³/mol. The number of carbonyl (C=O) groups excluding carboxylic acids is 1. The molecule has 0 aliphatic carbocycles. The van der Waals surface area contributed by atoms with Crippen LogP contribution in [0.25, 0.3) is 0 Å². The van der Waals surface area contributed by atoms with Gasteiger partial charge in [0.05, 0.1) is 5.92 Å². The third-order valence-corrected chi connectivity index (χ3v) is 6.44. The number of hydrogen-bond donors (Lipinski definition) is 1. The molecule has 2 N–H and O–H groups in total. The molecule has 0 saturated carbocycles. The van der Waals surface area contributed by atoms with Gasteiger partial charge in [0.25, 0.3) is 0 Å². The summed E-state index contributed by atoms with van der Waals surface area (Å²) in [6.45, 7) is 10.4. The van der Waals surface area contributed by atoms with Gasteiger partial charge >= 0.3 is 5.97 Å². The quantitative estimate of drug-likeness (QED) is 0.317. The highest BCUT2D eigenvalue weighted by Crippen LogP contribution is 2.43. The third kappa shape index (κ3) is 5.78. The monoisotopic (exact) mass is 496 g/mol. The van der Waals surface area contributed by atoms with Crippen LogP contribution in [0.4, 0.5) is 0 Å². The zero-order valence-corrected chi connectivity index (χ0v) is 21.9. The molecule has 0 radical (unpaired) electrons. The minimum atomic E-state index is -0.544. The van der Waals surface area contributed by atoms with Crippen molar-refractivity contribution in [1.82, 2.24) is 0 Å². The molecule has 3 aromatic rings. The fourth-order valence-corrected chi connectivity index (χ4v) is 4.27. The maximum atomic E-state index is 12.5. The fourth-order valence-electron chi connectivity index (χ4n) is 4.27. The van der Waals surface area contributed by atoms with Crippen molar-refractivity contribution in [3.63, 3.8) is 0 Å². The lowest BCUT2D eigenvalue weighted by atomic mass is 9.83. The largest absolute Gasteiger partial charge is 0.482 e. The fraction of sp³-hybridized carbons (Fsp3) is 0.290. The molecule has 1 aliphatic heterocycles. The Balaban J connectivity index is 1.49. The second-order valence-electron chi connectivity index (χ2n) is 10.5. The van der Waals surface area contributed by atoms with Gasteiger partial charge < -0.3 is 19.9 Å². The first-order chi connectivity index (χ1) is 17.6. The van der Waals surface area contributed by atoms with Crippen molar-refractivity contribution >= 4 is 5.97 Å². The topological polar surface area (TPSA) is 94.6 Å². The summed E-state index contributed by atoms with van der Waals surface area (Å²) in [4.78, 5) is 12.5. The summed E-state index contributed by atoms with van der Waals surface area (Å²) < 4.78 is 16.8. The highest BCUT2D eigenvalue weighted by atomic mass is 16.6. The molecule has 4 rings (SSSR count). The van der Waals surface area contributed by atoms with Gasteiger partial charge in [-0.1, -0.05) is 77.1 Å². The van der Waals surface area contributed by atoms with Gasteiger partial charge in [-0.3, -0.25) is 0 Å². The second-order valence-corrected chi connectivity index (χ2v) is 10.5.